The van der Waals surface area contributed by atoms with Crippen molar-refractivity contribution in [1.82, 2.24) is 15.0 Å². The fourth-order valence-electron chi connectivity index (χ4n) is 2.84. The molecule has 0 aliphatic carbocycles. The lowest BCUT2D eigenvalue weighted by Crippen LogP contribution is -2.26. The van der Waals surface area contributed by atoms with E-state index in [1.807, 2.05) is 0 Å². The SMILES string of the molecule is COc1cc(OC)cc(C(=O)N(C)Cc2nc(-c3ccc(OC)c(OC)c3)no2)c1. The van der Waals surface area contributed by atoms with Crippen LogP contribution in [0.3, 0.4) is 0 Å². The summed E-state index contributed by atoms with van der Waals surface area (Å²) in [5.41, 5.74) is 1.13. The molecule has 0 saturated carbocycles. The van der Waals surface area contributed by atoms with Crippen molar-refractivity contribution in [1.29, 1.82) is 0 Å². The summed E-state index contributed by atoms with van der Waals surface area (Å²) in [4.78, 5) is 18.7. The zero-order chi connectivity index (χ0) is 21.7. The molecule has 158 valence electrons. The molecule has 0 aliphatic rings. The van der Waals surface area contributed by atoms with E-state index in [4.69, 9.17) is 23.5 Å². The Morgan fingerprint density at radius 3 is 2.20 bits per heavy atom. The second kappa shape index (κ2) is 9.17. The van der Waals surface area contributed by atoms with Crippen molar-refractivity contribution < 1.29 is 28.3 Å². The minimum Gasteiger partial charge on any atom is -0.497 e. The molecule has 0 spiro atoms. The number of ether oxygens (including phenoxy) is 4. The number of carbonyl (C=O) groups excluding carboxylic acids is 1. The van der Waals surface area contributed by atoms with Gasteiger partial charge in [-0.05, 0) is 30.3 Å². The molecule has 0 fully saturated rings. The lowest BCUT2D eigenvalue weighted by atomic mass is 10.1. The maximum absolute atomic E-state index is 12.8. The highest BCUT2D eigenvalue weighted by molar-refractivity contribution is 5.94. The summed E-state index contributed by atoms with van der Waals surface area (Å²) in [6.07, 6.45) is 0. The molecule has 1 heterocycles. The van der Waals surface area contributed by atoms with Crippen molar-refractivity contribution in [3.05, 3.63) is 47.9 Å². The van der Waals surface area contributed by atoms with E-state index in [0.29, 0.717) is 45.8 Å². The van der Waals surface area contributed by atoms with Crippen LogP contribution in [0.1, 0.15) is 16.2 Å². The highest BCUT2D eigenvalue weighted by Crippen LogP contribution is 2.31. The Kier molecular flexibility index (Phi) is 6.41. The minimum atomic E-state index is -0.238. The van der Waals surface area contributed by atoms with Crippen molar-refractivity contribution in [3.63, 3.8) is 0 Å². The number of rotatable bonds is 8. The highest BCUT2D eigenvalue weighted by Gasteiger charge is 2.18. The zero-order valence-corrected chi connectivity index (χ0v) is 17.5. The van der Waals surface area contributed by atoms with Crippen LogP contribution in [0.2, 0.25) is 0 Å². The van der Waals surface area contributed by atoms with Gasteiger partial charge in [-0.1, -0.05) is 5.16 Å². The maximum Gasteiger partial charge on any atom is 0.254 e. The first-order valence-electron chi connectivity index (χ1n) is 9.02. The Morgan fingerprint density at radius 2 is 1.60 bits per heavy atom. The largest absolute Gasteiger partial charge is 0.497 e. The fourth-order valence-corrected chi connectivity index (χ4v) is 2.84. The van der Waals surface area contributed by atoms with Crippen LogP contribution in [-0.4, -0.2) is 56.4 Å². The Hall–Kier alpha value is -3.75. The summed E-state index contributed by atoms with van der Waals surface area (Å²) in [5.74, 6) is 2.65. The smallest absolute Gasteiger partial charge is 0.254 e. The fraction of sp³-hybridized carbons (Fsp3) is 0.286. The summed E-state index contributed by atoms with van der Waals surface area (Å²) in [5, 5.41) is 4.00. The lowest BCUT2D eigenvalue weighted by Gasteiger charge is -2.16. The molecule has 0 unspecified atom stereocenters. The minimum absolute atomic E-state index is 0.138. The molecule has 3 aromatic rings. The molecule has 0 aliphatic heterocycles. The number of amides is 1. The average molecular weight is 413 g/mol. The topological polar surface area (TPSA) is 96.2 Å². The summed E-state index contributed by atoms with van der Waals surface area (Å²) in [6, 6.07) is 10.3. The van der Waals surface area contributed by atoms with Crippen LogP contribution in [-0.2, 0) is 6.54 Å². The molecule has 30 heavy (non-hydrogen) atoms. The first-order chi connectivity index (χ1) is 14.5. The van der Waals surface area contributed by atoms with Gasteiger partial charge < -0.3 is 28.4 Å². The summed E-state index contributed by atoms with van der Waals surface area (Å²) in [6.45, 7) is 0.138. The van der Waals surface area contributed by atoms with Gasteiger partial charge in [0.25, 0.3) is 5.91 Å². The van der Waals surface area contributed by atoms with Gasteiger partial charge in [0.1, 0.15) is 11.5 Å². The number of hydrogen-bond acceptors (Lipinski definition) is 8. The van der Waals surface area contributed by atoms with Gasteiger partial charge in [-0.3, -0.25) is 4.79 Å². The monoisotopic (exact) mass is 413 g/mol. The molecular formula is C21H23N3O6. The van der Waals surface area contributed by atoms with E-state index < -0.39 is 0 Å². The average Bonchev–Trinajstić information content (AvgIpc) is 3.25. The molecule has 2 aromatic carbocycles. The zero-order valence-electron chi connectivity index (χ0n) is 17.5. The first kappa shape index (κ1) is 21.0. The van der Waals surface area contributed by atoms with Crippen LogP contribution in [0.15, 0.2) is 40.9 Å². The van der Waals surface area contributed by atoms with Crippen LogP contribution in [0.4, 0.5) is 0 Å². The van der Waals surface area contributed by atoms with Crippen LogP contribution in [0, 0.1) is 0 Å². The third kappa shape index (κ3) is 4.45. The van der Waals surface area contributed by atoms with Gasteiger partial charge in [-0.2, -0.15) is 4.98 Å². The molecule has 0 N–H and O–H groups in total. The van der Waals surface area contributed by atoms with Gasteiger partial charge in [-0.25, -0.2) is 0 Å². The van der Waals surface area contributed by atoms with Gasteiger partial charge in [0.2, 0.25) is 11.7 Å². The van der Waals surface area contributed by atoms with E-state index in [1.54, 1.807) is 57.7 Å². The van der Waals surface area contributed by atoms with E-state index in [-0.39, 0.29) is 12.5 Å². The number of nitrogens with zero attached hydrogens (tertiary/aromatic N) is 3. The summed E-state index contributed by atoms with van der Waals surface area (Å²) >= 11 is 0. The number of aromatic nitrogens is 2. The molecular weight excluding hydrogens is 390 g/mol. The van der Waals surface area contributed by atoms with E-state index in [1.165, 1.54) is 19.1 Å². The number of hydrogen-bond donors (Lipinski definition) is 0. The summed E-state index contributed by atoms with van der Waals surface area (Å²) < 4.78 is 26.3. The quantitative estimate of drug-likeness (QED) is 0.556. The second-order valence-corrected chi connectivity index (χ2v) is 6.34. The van der Waals surface area contributed by atoms with Crippen LogP contribution >= 0.6 is 0 Å². The standard InChI is InChI=1S/C21H23N3O6/c1-24(21(25)14-8-15(26-2)11-16(9-14)27-3)12-19-22-20(23-30-19)13-6-7-17(28-4)18(10-13)29-5/h6-11H,12H2,1-5H3. The van der Waals surface area contributed by atoms with E-state index in [2.05, 4.69) is 10.1 Å². The molecule has 0 radical (unpaired) electrons. The van der Waals surface area contributed by atoms with Crippen LogP contribution < -0.4 is 18.9 Å². The third-order valence-corrected chi connectivity index (χ3v) is 4.43. The maximum atomic E-state index is 12.8. The molecule has 1 amide bonds. The normalized spacial score (nSPS) is 10.4. The van der Waals surface area contributed by atoms with Gasteiger partial charge >= 0.3 is 0 Å². The third-order valence-electron chi connectivity index (χ3n) is 4.43. The molecule has 9 nitrogen and oxygen atoms in total. The van der Waals surface area contributed by atoms with Gasteiger partial charge in [0.15, 0.2) is 11.5 Å². The van der Waals surface area contributed by atoms with Gasteiger partial charge in [-0.15, -0.1) is 0 Å². The Balaban J connectivity index is 1.76. The molecule has 0 saturated heterocycles. The van der Waals surface area contributed by atoms with E-state index >= 15 is 0 Å². The predicted octanol–water partition coefficient (Wildman–Crippen LogP) is 3.04. The van der Waals surface area contributed by atoms with Crippen molar-refractivity contribution in [2.45, 2.75) is 6.54 Å². The molecule has 0 atom stereocenters. The van der Waals surface area contributed by atoms with Crippen LogP contribution in [0.25, 0.3) is 11.4 Å². The Labute approximate surface area is 174 Å². The molecule has 9 heteroatoms. The predicted molar refractivity (Wildman–Crippen MR) is 108 cm³/mol. The van der Waals surface area contributed by atoms with Crippen molar-refractivity contribution in [3.8, 4) is 34.4 Å². The number of benzene rings is 2. The molecule has 1 aromatic heterocycles. The van der Waals surface area contributed by atoms with E-state index in [0.717, 1.165) is 0 Å². The first-order valence-corrected chi connectivity index (χ1v) is 9.02. The van der Waals surface area contributed by atoms with Crippen LogP contribution in [0.5, 0.6) is 23.0 Å². The molecule has 3 rings (SSSR count). The Morgan fingerprint density at radius 1 is 0.933 bits per heavy atom. The number of methoxy groups -OCH3 is 4. The lowest BCUT2D eigenvalue weighted by molar-refractivity contribution is 0.0769. The van der Waals surface area contributed by atoms with Crippen molar-refractivity contribution in [2.75, 3.05) is 35.5 Å². The summed E-state index contributed by atoms with van der Waals surface area (Å²) in [7, 11) is 7.82. The van der Waals surface area contributed by atoms with Crippen molar-refractivity contribution in [2.24, 2.45) is 0 Å². The van der Waals surface area contributed by atoms with Crippen molar-refractivity contribution >= 4 is 5.91 Å². The number of carbonyl (C=O) groups is 1. The Bertz CT molecular complexity index is 1010. The second-order valence-electron chi connectivity index (χ2n) is 6.34. The van der Waals surface area contributed by atoms with Gasteiger partial charge in [0, 0.05) is 24.2 Å². The highest BCUT2D eigenvalue weighted by atomic mass is 16.5. The molecule has 0 bridgehead atoms. The van der Waals surface area contributed by atoms with E-state index in [9.17, 15) is 4.79 Å². The van der Waals surface area contributed by atoms with Gasteiger partial charge in [0.05, 0.1) is 35.0 Å².